The second-order valence-electron chi connectivity index (χ2n) is 6.38. The summed E-state index contributed by atoms with van der Waals surface area (Å²) in [7, 11) is -0.575. The molecule has 0 spiro atoms. The maximum absolute atomic E-state index is 11.1. The van der Waals surface area contributed by atoms with Crippen LogP contribution >= 0.6 is 0 Å². The number of rotatable bonds is 2. The van der Waals surface area contributed by atoms with Crippen molar-refractivity contribution in [2.75, 3.05) is 0 Å². The van der Waals surface area contributed by atoms with E-state index in [-0.39, 0.29) is 17.1 Å². The van der Waals surface area contributed by atoms with E-state index in [0.29, 0.717) is 5.46 Å². The zero-order chi connectivity index (χ0) is 16.7. The number of phenols is 1. The molecule has 0 bridgehead atoms. The van der Waals surface area contributed by atoms with Gasteiger partial charge in [-0.2, -0.15) is 4.99 Å². The van der Waals surface area contributed by atoms with Gasteiger partial charge < -0.3 is 20.1 Å². The molecule has 1 aromatic rings. The van der Waals surface area contributed by atoms with E-state index in [1.54, 1.807) is 12.1 Å². The van der Waals surface area contributed by atoms with Gasteiger partial charge in [-0.1, -0.05) is 6.07 Å². The van der Waals surface area contributed by atoms with Crippen LogP contribution in [0, 0.1) is 0 Å². The Kier molecular flexibility index (Phi) is 4.06. The van der Waals surface area contributed by atoms with Gasteiger partial charge in [0, 0.05) is 6.92 Å². The summed E-state index contributed by atoms with van der Waals surface area (Å²) in [6, 6.07) is 4.81. The van der Waals surface area contributed by atoms with Gasteiger partial charge in [-0.25, -0.2) is 0 Å². The molecule has 0 saturated carbocycles. The number of nitrogens with two attached hydrogens (primary N) is 1. The highest BCUT2D eigenvalue weighted by atomic mass is 16.7. The predicted molar refractivity (Wildman–Crippen MR) is 85.2 cm³/mol. The van der Waals surface area contributed by atoms with Crippen LogP contribution in [0.5, 0.6) is 5.75 Å². The summed E-state index contributed by atoms with van der Waals surface area (Å²) in [6.45, 7) is 9.13. The fourth-order valence-electron chi connectivity index (χ4n) is 2.11. The monoisotopic (exact) mass is 304 g/mol. The summed E-state index contributed by atoms with van der Waals surface area (Å²) in [6.07, 6.45) is 0. The lowest BCUT2D eigenvalue weighted by molar-refractivity contribution is -0.115. The topological polar surface area (TPSA) is 94.1 Å². The van der Waals surface area contributed by atoms with Gasteiger partial charge in [0.1, 0.15) is 11.6 Å². The molecule has 1 aliphatic heterocycles. The van der Waals surface area contributed by atoms with Gasteiger partial charge in [-0.05, 0) is 45.3 Å². The number of aliphatic imine (C=N–C) groups is 1. The zero-order valence-electron chi connectivity index (χ0n) is 13.5. The molecule has 0 unspecified atom stereocenters. The van der Waals surface area contributed by atoms with Gasteiger partial charge in [-0.3, -0.25) is 4.79 Å². The summed E-state index contributed by atoms with van der Waals surface area (Å²) in [5.41, 5.74) is 5.81. The Morgan fingerprint density at radius 3 is 2.27 bits per heavy atom. The van der Waals surface area contributed by atoms with Crippen LogP contribution in [-0.2, 0) is 14.1 Å². The van der Waals surface area contributed by atoms with Crippen molar-refractivity contribution in [1.29, 1.82) is 0 Å². The molecule has 1 fully saturated rings. The molecule has 1 aliphatic rings. The maximum atomic E-state index is 11.1. The smallest absolute Gasteiger partial charge is 0.494 e. The van der Waals surface area contributed by atoms with E-state index in [1.165, 1.54) is 13.0 Å². The number of hydrogen-bond donors (Lipinski definition) is 2. The van der Waals surface area contributed by atoms with Gasteiger partial charge in [0.25, 0.3) is 0 Å². The molecule has 1 heterocycles. The van der Waals surface area contributed by atoms with Crippen LogP contribution < -0.4 is 11.2 Å². The van der Waals surface area contributed by atoms with E-state index in [2.05, 4.69) is 4.99 Å². The molecular formula is C15H21BN2O4. The molecule has 22 heavy (non-hydrogen) atoms. The van der Waals surface area contributed by atoms with E-state index >= 15 is 0 Å². The molecule has 1 saturated heterocycles. The van der Waals surface area contributed by atoms with Gasteiger partial charge >= 0.3 is 7.12 Å². The number of phenolic OH excluding ortho intramolecular Hbond substituents is 1. The van der Waals surface area contributed by atoms with Crippen LogP contribution in [0.4, 0.5) is 0 Å². The first-order valence-electron chi connectivity index (χ1n) is 7.07. The first kappa shape index (κ1) is 16.5. The molecule has 6 nitrogen and oxygen atoms in total. The summed E-state index contributed by atoms with van der Waals surface area (Å²) in [5.74, 6) is -0.524. The Labute approximate surface area is 130 Å². The molecule has 0 aliphatic carbocycles. The lowest BCUT2D eigenvalue weighted by Gasteiger charge is -2.32. The van der Waals surface area contributed by atoms with Crippen LogP contribution in [0.3, 0.4) is 0 Å². The average Bonchev–Trinajstić information content (AvgIpc) is 2.58. The Balaban J connectivity index is 2.38. The minimum atomic E-state index is -0.575. The van der Waals surface area contributed by atoms with Crippen molar-refractivity contribution in [3.63, 3.8) is 0 Å². The quantitative estimate of drug-likeness (QED) is 0.482. The highest BCUT2D eigenvalue weighted by molar-refractivity contribution is 6.62. The maximum Gasteiger partial charge on any atom is 0.494 e. The van der Waals surface area contributed by atoms with Gasteiger partial charge in [0.05, 0.1) is 16.8 Å². The third-order valence-electron chi connectivity index (χ3n) is 4.10. The summed E-state index contributed by atoms with van der Waals surface area (Å²) < 4.78 is 11.9. The van der Waals surface area contributed by atoms with Crippen LogP contribution in [0.25, 0.3) is 0 Å². The van der Waals surface area contributed by atoms with Crippen molar-refractivity contribution in [2.24, 2.45) is 10.7 Å². The fourth-order valence-corrected chi connectivity index (χ4v) is 2.11. The van der Waals surface area contributed by atoms with Crippen molar-refractivity contribution in [1.82, 2.24) is 0 Å². The Morgan fingerprint density at radius 1 is 1.23 bits per heavy atom. The Morgan fingerprint density at radius 2 is 1.77 bits per heavy atom. The van der Waals surface area contributed by atoms with Crippen LogP contribution in [-0.4, -0.2) is 35.2 Å². The predicted octanol–water partition coefficient (Wildman–Crippen LogP) is 0.943. The normalized spacial score (nSPS) is 20.2. The first-order chi connectivity index (χ1) is 10.0. The fraction of sp³-hybridized carbons (Fsp3) is 0.467. The van der Waals surface area contributed by atoms with E-state index in [4.69, 9.17) is 15.0 Å². The van der Waals surface area contributed by atoms with Crippen molar-refractivity contribution in [3.8, 4) is 5.75 Å². The minimum Gasteiger partial charge on any atom is -0.507 e. The Hall–Kier alpha value is -1.86. The van der Waals surface area contributed by atoms with Gasteiger partial charge in [0.2, 0.25) is 5.91 Å². The van der Waals surface area contributed by atoms with E-state index in [9.17, 15) is 9.90 Å². The summed E-state index contributed by atoms with van der Waals surface area (Å²) in [4.78, 5) is 14.7. The number of amidine groups is 1. The molecule has 7 heteroatoms. The van der Waals surface area contributed by atoms with Crippen LogP contribution in [0.15, 0.2) is 23.2 Å². The number of amides is 1. The zero-order valence-corrected chi connectivity index (χ0v) is 13.5. The summed E-state index contributed by atoms with van der Waals surface area (Å²) >= 11 is 0. The van der Waals surface area contributed by atoms with Crippen molar-refractivity contribution >= 4 is 24.3 Å². The van der Waals surface area contributed by atoms with Crippen molar-refractivity contribution < 1.29 is 19.2 Å². The molecule has 0 aromatic heterocycles. The number of hydrogen-bond acceptors (Lipinski definition) is 4. The SMILES string of the molecule is CC(=O)N=C(N)c1cc(B2OC(C)(C)C(C)(C)O2)ccc1O. The lowest BCUT2D eigenvalue weighted by atomic mass is 9.78. The van der Waals surface area contributed by atoms with E-state index in [0.717, 1.165) is 0 Å². The molecule has 0 radical (unpaired) electrons. The average molecular weight is 304 g/mol. The second kappa shape index (κ2) is 5.41. The standard InChI is InChI=1S/C15H21BN2O4/c1-9(19)18-13(17)11-8-10(6-7-12(11)20)16-21-14(2,3)15(4,5)22-16/h6-8,20H,1-5H3,(H2,17,18,19). The number of aromatic hydroxyl groups is 1. The lowest BCUT2D eigenvalue weighted by Crippen LogP contribution is -2.41. The van der Waals surface area contributed by atoms with Crippen LogP contribution in [0.2, 0.25) is 0 Å². The molecular weight excluding hydrogens is 283 g/mol. The van der Waals surface area contributed by atoms with Gasteiger partial charge in [-0.15, -0.1) is 0 Å². The number of carbonyl (C=O) groups is 1. The molecule has 118 valence electrons. The Bertz CT molecular complexity index is 624. The number of benzene rings is 1. The number of carbonyl (C=O) groups excluding carboxylic acids is 1. The number of nitrogens with zero attached hydrogens (tertiary/aromatic N) is 1. The van der Waals surface area contributed by atoms with Gasteiger partial charge in [0.15, 0.2) is 0 Å². The van der Waals surface area contributed by atoms with Crippen molar-refractivity contribution in [3.05, 3.63) is 23.8 Å². The van der Waals surface area contributed by atoms with E-state index in [1.807, 2.05) is 27.7 Å². The third kappa shape index (κ3) is 3.00. The molecule has 1 amide bonds. The molecule has 0 atom stereocenters. The van der Waals surface area contributed by atoms with E-state index < -0.39 is 24.2 Å². The summed E-state index contributed by atoms with van der Waals surface area (Å²) in [5, 5.41) is 9.91. The highest BCUT2D eigenvalue weighted by Gasteiger charge is 2.51. The highest BCUT2D eigenvalue weighted by Crippen LogP contribution is 2.36. The molecule has 1 aromatic carbocycles. The van der Waals surface area contributed by atoms with Crippen molar-refractivity contribution in [2.45, 2.75) is 45.8 Å². The first-order valence-corrected chi connectivity index (χ1v) is 7.07. The second-order valence-corrected chi connectivity index (χ2v) is 6.38. The third-order valence-corrected chi connectivity index (χ3v) is 4.10. The molecule has 2 rings (SSSR count). The van der Waals surface area contributed by atoms with Crippen LogP contribution in [0.1, 0.15) is 40.2 Å². The molecule has 3 N–H and O–H groups in total. The largest absolute Gasteiger partial charge is 0.507 e. The minimum absolute atomic E-state index is 0.0385.